The number of ether oxygens (including phenoxy) is 1. The van der Waals surface area contributed by atoms with Gasteiger partial charge in [-0.3, -0.25) is 9.69 Å². The van der Waals surface area contributed by atoms with E-state index < -0.39 is 0 Å². The molecule has 1 saturated heterocycles. The van der Waals surface area contributed by atoms with Crippen LogP contribution in [0, 0.1) is 5.92 Å². The molecule has 1 aromatic rings. The van der Waals surface area contributed by atoms with Gasteiger partial charge in [0.1, 0.15) is 0 Å². The second-order valence-electron chi connectivity index (χ2n) is 4.70. The first-order valence-corrected chi connectivity index (χ1v) is 7.03. The number of rotatable bonds is 3. The van der Waals surface area contributed by atoms with E-state index in [4.69, 9.17) is 4.74 Å². The zero-order chi connectivity index (χ0) is 13.0. The monoisotopic (exact) mass is 311 g/mol. The number of nitrogens with zero attached hydrogens (tertiary/aromatic N) is 1. The van der Waals surface area contributed by atoms with Crippen molar-refractivity contribution in [2.75, 3.05) is 20.2 Å². The van der Waals surface area contributed by atoms with Gasteiger partial charge >= 0.3 is 5.97 Å². The molecule has 98 valence electrons. The second-order valence-corrected chi connectivity index (χ2v) is 5.62. The van der Waals surface area contributed by atoms with E-state index in [1.807, 2.05) is 0 Å². The largest absolute Gasteiger partial charge is 0.469 e. The minimum Gasteiger partial charge on any atom is -0.469 e. The molecule has 0 aliphatic carbocycles. The number of halogens is 1. The van der Waals surface area contributed by atoms with Crippen molar-refractivity contribution in [3.63, 3.8) is 0 Å². The molecule has 0 radical (unpaired) electrons. The summed E-state index contributed by atoms with van der Waals surface area (Å²) in [5.41, 5.74) is 1.31. The van der Waals surface area contributed by atoms with Crippen molar-refractivity contribution < 1.29 is 9.53 Å². The van der Waals surface area contributed by atoms with Crippen LogP contribution in [0.25, 0.3) is 0 Å². The van der Waals surface area contributed by atoms with Crippen molar-refractivity contribution in [3.8, 4) is 0 Å². The van der Waals surface area contributed by atoms with Gasteiger partial charge in [-0.25, -0.2) is 0 Å². The number of benzene rings is 1. The Morgan fingerprint density at radius 2 is 1.94 bits per heavy atom. The molecule has 0 atom stereocenters. The van der Waals surface area contributed by atoms with Gasteiger partial charge in [0, 0.05) is 11.0 Å². The second kappa shape index (κ2) is 6.34. The molecule has 1 fully saturated rings. The van der Waals surface area contributed by atoms with Crippen molar-refractivity contribution >= 4 is 21.9 Å². The van der Waals surface area contributed by atoms with E-state index in [9.17, 15) is 4.79 Å². The number of carbonyl (C=O) groups is 1. The Balaban J connectivity index is 1.83. The first-order chi connectivity index (χ1) is 8.69. The number of esters is 1. The summed E-state index contributed by atoms with van der Waals surface area (Å²) in [7, 11) is 1.47. The molecular weight excluding hydrogens is 294 g/mol. The van der Waals surface area contributed by atoms with Crippen molar-refractivity contribution in [1.82, 2.24) is 4.90 Å². The van der Waals surface area contributed by atoms with Crippen molar-refractivity contribution in [1.29, 1.82) is 0 Å². The highest BCUT2D eigenvalue weighted by Crippen LogP contribution is 2.20. The normalized spacial score (nSPS) is 17.7. The Hall–Kier alpha value is -0.870. The summed E-state index contributed by atoms with van der Waals surface area (Å²) in [6.45, 7) is 2.90. The van der Waals surface area contributed by atoms with Crippen LogP contribution in [0.15, 0.2) is 28.7 Å². The number of hydrogen-bond donors (Lipinski definition) is 0. The van der Waals surface area contributed by atoms with Gasteiger partial charge in [-0.15, -0.1) is 0 Å². The predicted molar refractivity (Wildman–Crippen MR) is 74.2 cm³/mol. The van der Waals surface area contributed by atoms with Gasteiger partial charge in [-0.05, 0) is 43.6 Å². The van der Waals surface area contributed by atoms with Crippen LogP contribution in [0.5, 0.6) is 0 Å². The van der Waals surface area contributed by atoms with E-state index in [-0.39, 0.29) is 11.9 Å². The maximum absolute atomic E-state index is 11.4. The lowest BCUT2D eigenvalue weighted by Gasteiger charge is -2.30. The van der Waals surface area contributed by atoms with Crippen molar-refractivity contribution in [2.45, 2.75) is 19.4 Å². The highest BCUT2D eigenvalue weighted by Gasteiger charge is 2.25. The van der Waals surface area contributed by atoms with Crippen LogP contribution in [-0.2, 0) is 16.1 Å². The molecular formula is C14H18BrNO2. The maximum Gasteiger partial charge on any atom is 0.308 e. The molecule has 0 saturated carbocycles. The fraction of sp³-hybridized carbons (Fsp3) is 0.500. The molecule has 1 aromatic carbocycles. The number of methoxy groups -OCH3 is 1. The summed E-state index contributed by atoms with van der Waals surface area (Å²) in [6.07, 6.45) is 1.81. The maximum atomic E-state index is 11.4. The van der Waals surface area contributed by atoms with Crippen LogP contribution in [0.2, 0.25) is 0 Å². The van der Waals surface area contributed by atoms with Gasteiger partial charge in [0.25, 0.3) is 0 Å². The lowest BCUT2D eigenvalue weighted by atomic mass is 9.97. The first kappa shape index (κ1) is 13.6. The van der Waals surface area contributed by atoms with Crippen LogP contribution in [0.3, 0.4) is 0 Å². The summed E-state index contributed by atoms with van der Waals surface area (Å²) < 4.78 is 5.90. The molecule has 4 heteroatoms. The van der Waals surface area contributed by atoms with Gasteiger partial charge in [-0.1, -0.05) is 28.1 Å². The van der Waals surface area contributed by atoms with Crippen molar-refractivity contribution in [2.24, 2.45) is 5.92 Å². The summed E-state index contributed by atoms with van der Waals surface area (Å²) in [6, 6.07) is 8.40. The summed E-state index contributed by atoms with van der Waals surface area (Å²) in [4.78, 5) is 13.8. The molecule has 1 aliphatic rings. The topological polar surface area (TPSA) is 29.5 Å². The average molecular weight is 312 g/mol. The Kier molecular flexibility index (Phi) is 4.78. The smallest absolute Gasteiger partial charge is 0.308 e. The van der Waals surface area contributed by atoms with Gasteiger partial charge < -0.3 is 4.74 Å². The molecule has 0 N–H and O–H groups in total. The Morgan fingerprint density at radius 3 is 2.50 bits per heavy atom. The zero-order valence-corrected chi connectivity index (χ0v) is 12.1. The minimum absolute atomic E-state index is 0.0571. The average Bonchev–Trinajstić information content (AvgIpc) is 2.41. The Bertz CT molecular complexity index is 397. The molecule has 2 rings (SSSR count). The third-order valence-electron chi connectivity index (χ3n) is 3.44. The fourth-order valence-corrected chi connectivity index (χ4v) is 2.61. The van der Waals surface area contributed by atoms with Crippen LogP contribution in [-0.4, -0.2) is 31.1 Å². The lowest BCUT2D eigenvalue weighted by molar-refractivity contribution is -0.147. The van der Waals surface area contributed by atoms with Crippen LogP contribution < -0.4 is 0 Å². The molecule has 1 aliphatic heterocycles. The standard InChI is InChI=1S/C14H18BrNO2/c1-18-14(17)12-6-8-16(9-7-12)10-11-2-4-13(15)5-3-11/h2-5,12H,6-10H2,1H3. The fourth-order valence-electron chi connectivity index (χ4n) is 2.34. The molecule has 0 bridgehead atoms. The quantitative estimate of drug-likeness (QED) is 0.804. The molecule has 0 unspecified atom stereocenters. The van der Waals surface area contributed by atoms with E-state index in [0.29, 0.717) is 0 Å². The SMILES string of the molecule is COC(=O)C1CCN(Cc2ccc(Br)cc2)CC1. The molecule has 0 amide bonds. The van der Waals surface area contributed by atoms with E-state index >= 15 is 0 Å². The van der Waals surface area contributed by atoms with E-state index in [2.05, 4.69) is 45.1 Å². The third kappa shape index (κ3) is 3.56. The summed E-state index contributed by atoms with van der Waals surface area (Å²) in [5, 5.41) is 0. The number of likely N-dealkylation sites (tertiary alicyclic amines) is 1. The van der Waals surface area contributed by atoms with Gasteiger partial charge in [0.15, 0.2) is 0 Å². The van der Waals surface area contributed by atoms with Gasteiger partial charge in [0.05, 0.1) is 13.0 Å². The first-order valence-electron chi connectivity index (χ1n) is 6.23. The number of carbonyl (C=O) groups excluding carboxylic acids is 1. The number of hydrogen-bond acceptors (Lipinski definition) is 3. The summed E-state index contributed by atoms with van der Waals surface area (Å²) in [5.74, 6) is 0.0365. The predicted octanol–water partition coefficient (Wildman–Crippen LogP) is 2.83. The Labute approximate surface area is 116 Å². The zero-order valence-electron chi connectivity index (χ0n) is 10.6. The minimum atomic E-state index is -0.0571. The highest BCUT2D eigenvalue weighted by atomic mass is 79.9. The molecule has 1 heterocycles. The lowest BCUT2D eigenvalue weighted by Crippen LogP contribution is -2.36. The van der Waals surface area contributed by atoms with E-state index in [0.717, 1.165) is 36.9 Å². The van der Waals surface area contributed by atoms with Crippen LogP contribution in [0.4, 0.5) is 0 Å². The van der Waals surface area contributed by atoms with Gasteiger partial charge in [0.2, 0.25) is 0 Å². The third-order valence-corrected chi connectivity index (χ3v) is 3.97. The Morgan fingerprint density at radius 1 is 1.33 bits per heavy atom. The van der Waals surface area contributed by atoms with E-state index in [1.54, 1.807) is 0 Å². The molecule has 3 nitrogen and oxygen atoms in total. The van der Waals surface area contributed by atoms with Crippen LogP contribution in [0.1, 0.15) is 18.4 Å². The van der Waals surface area contributed by atoms with Crippen molar-refractivity contribution in [3.05, 3.63) is 34.3 Å². The molecule has 18 heavy (non-hydrogen) atoms. The van der Waals surface area contributed by atoms with E-state index in [1.165, 1.54) is 12.7 Å². The summed E-state index contributed by atoms with van der Waals surface area (Å²) >= 11 is 3.44. The highest BCUT2D eigenvalue weighted by molar-refractivity contribution is 9.10. The van der Waals surface area contributed by atoms with Crippen LogP contribution >= 0.6 is 15.9 Å². The van der Waals surface area contributed by atoms with Gasteiger partial charge in [-0.2, -0.15) is 0 Å². The molecule has 0 spiro atoms. The number of piperidine rings is 1. The molecule has 0 aromatic heterocycles.